The van der Waals surface area contributed by atoms with E-state index in [1.54, 1.807) is 0 Å². The Labute approximate surface area is 127 Å². The number of rotatable bonds is 5. The van der Waals surface area contributed by atoms with Crippen molar-refractivity contribution in [2.45, 2.75) is 31.7 Å². The van der Waals surface area contributed by atoms with E-state index in [0.29, 0.717) is 0 Å². The van der Waals surface area contributed by atoms with Gasteiger partial charge in [0.1, 0.15) is 0 Å². The number of aryl methyl sites for hydroxylation is 1. The van der Waals surface area contributed by atoms with Crippen LogP contribution in [0, 0.1) is 6.92 Å². The Balaban J connectivity index is 2.30. The Kier molecular flexibility index (Phi) is 4.42. The Bertz CT molecular complexity index is 535. The third kappa shape index (κ3) is 2.97. The summed E-state index contributed by atoms with van der Waals surface area (Å²) in [4.78, 5) is 4.55. The van der Waals surface area contributed by atoms with Gasteiger partial charge in [-0.1, -0.05) is 11.2 Å². The maximum atomic E-state index is 8.98. The molecule has 0 aromatic heterocycles. The van der Waals surface area contributed by atoms with Crippen LogP contribution in [0.3, 0.4) is 0 Å². The number of likely N-dealkylation sites (N-methyl/N-ethyl adjacent to an activating group) is 2. The van der Waals surface area contributed by atoms with Crippen molar-refractivity contribution in [1.82, 2.24) is 4.90 Å². The van der Waals surface area contributed by atoms with Gasteiger partial charge in [0.2, 0.25) is 0 Å². The molecule has 0 unspecified atom stereocenters. The summed E-state index contributed by atoms with van der Waals surface area (Å²) in [6, 6.07) is 5.99. The molecule has 0 spiro atoms. The summed E-state index contributed by atoms with van der Waals surface area (Å²) in [6.45, 7) is 2.99. The molecule has 0 radical (unpaired) electrons. The molecule has 1 fully saturated rings. The number of amidine groups is 1. The summed E-state index contributed by atoms with van der Waals surface area (Å²) in [7, 11) is 6.37. The van der Waals surface area contributed by atoms with Gasteiger partial charge in [-0.25, -0.2) is 0 Å². The van der Waals surface area contributed by atoms with Crippen LogP contribution < -0.4 is 10.6 Å². The molecule has 2 rings (SSSR count). The fraction of sp³-hybridized carbons (Fsp3) is 0.562. The van der Waals surface area contributed by atoms with Gasteiger partial charge in [-0.05, 0) is 58.0 Å². The Morgan fingerprint density at radius 2 is 2.00 bits per heavy atom. The molecule has 0 saturated heterocycles. The molecule has 1 aliphatic rings. The van der Waals surface area contributed by atoms with Gasteiger partial charge in [0, 0.05) is 30.4 Å². The fourth-order valence-corrected chi connectivity index (χ4v) is 3.09. The van der Waals surface area contributed by atoms with Crippen molar-refractivity contribution in [3.63, 3.8) is 0 Å². The molecule has 0 amide bonds. The van der Waals surface area contributed by atoms with E-state index in [1.165, 1.54) is 24.8 Å². The SMILES string of the molecule is Cc1ccc(/C(N)=N/O)c(N(C)CC2(N(C)C)CCC2)c1. The highest BCUT2D eigenvalue weighted by molar-refractivity contribution is 6.02. The summed E-state index contributed by atoms with van der Waals surface area (Å²) in [5, 5.41) is 12.1. The van der Waals surface area contributed by atoms with Crippen molar-refractivity contribution in [3.05, 3.63) is 29.3 Å². The first-order valence-corrected chi connectivity index (χ1v) is 7.37. The first-order valence-electron chi connectivity index (χ1n) is 7.37. The number of oxime groups is 1. The predicted molar refractivity (Wildman–Crippen MR) is 87.2 cm³/mol. The highest BCUT2D eigenvalue weighted by Crippen LogP contribution is 2.38. The normalized spacial score (nSPS) is 17.7. The molecule has 21 heavy (non-hydrogen) atoms. The van der Waals surface area contributed by atoms with E-state index in [1.807, 2.05) is 12.1 Å². The topological polar surface area (TPSA) is 65.1 Å². The maximum absolute atomic E-state index is 8.98. The lowest BCUT2D eigenvalue weighted by atomic mass is 9.75. The maximum Gasteiger partial charge on any atom is 0.172 e. The monoisotopic (exact) mass is 290 g/mol. The van der Waals surface area contributed by atoms with E-state index in [2.05, 4.69) is 49.1 Å². The molecule has 3 N–H and O–H groups in total. The van der Waals surface area contributed by atoms with Gasteiger partial charge in [-0.3, -0.25) is 0 Å². The first kappa shape index (κ1) is 15.6. The minimum atomic E-state index is 0.157. The van der Waals surface area contributed by atoms with Gasteiger partial charge in [0.25, 0.3) is 0 Å². The van der Waals surface area contributed by atoms with Crippen molar-refractivity contribution < 1.29 is 5.21 Å². The van der Waals surface area contributed by atoms with Gasteiger partial charge in [-0.15, -0.1) is 0 Å². The van der Waals surface area contributed by atoms with Crippen LogP contribution in [0.15, 0.2) is 23.4 Å². The molecular weight excluding hydrogens is 264 g/mol. The molecule has 1 aromatic carbocycles. The number of hydrogen-bond acceptors (Lipinski definition) is 4. The van der Waals surface area contributed by atoms with E-state index in [9.17, 15) is 0 Å². The van der Waals surface area contributed by atoms with Gasteiger partial charge in [-0.2, -0.15) is 0 Å². The van der Waals surface area contributed by atoms with E-state index >= 15 is 0 Å². The third-order valence-corrected chi connectivity index (χ3v) is 4.71. The van der Waals surface area contributed by atoms with Gasteiger partial charge < -0.3 is 20.7 Å². The van der Waals surface area contributed by atoms with Crippen LogP contribution in [-0.2, 0) is 0 Å². The van der Waals surface area contributed by atoms with Crippen molar-refractivity contribution in [2.75, 3.05) is 32.6 Å². The number of benzene rings is 1. The summed E-state index contributed by atoms with van der Waals surface area (Å²) >= 11 is 0. The zero-order valence-corrected chi connectivity index (χ0v) is 13.4. The van der Waals surface area contributed by atoms with E-state index < -0.39 is 0 Å². The molecule has 5 heteroatoms. The summed E-state index contributed by atoms with van der Waals surface area (Å²) in [5.74, 6) is 0.157. The Hall–Kier alpha value is -1.75. The lowest BCUT2D eigenvalue weighted by Crippen LogP contribution is -2.57. The molecule has 1 aliphatic carbocycles. The minimum absolute atomic E-state index is 0.157. The highest BCUT2D eigenvalue weighted by Gasteiger charge is 2.40. The highest BCUT2D eigenvalue weighted by atomic mass is 16.4. The standard InChI is InChI=1S/C16H26N4O/c1-12-6-7-13(15(17)18-21)14(10-12)20(4)11-16(19(2)3)8-5-9-16/h6-7,10,21H,5,8-9,11H2,1-4H3,(H2,17,18). The molecule has 0 atom stereocenters. The zero-order chi connectivity index (χ0) is 15.6. The lowest BCUT2D eigenvalue weighted by molar-refractivity contribution is 0.0683. The van der Waals surface area contributed by atoms with Crippen LogP contribution in [0.1, 0.15) is 30.4 Å². The van der Waals surface area contributed by atoms with Gasteiger partial charge in [0.05, 0.1) is 0 Å². The molecule has 0 aliphatic heterocycles. The molecule has 1 aromatic rings. The van der Waals surface area contributed by atoms with E-state index in [4.69, 9.17) is 10.9 Å². The number of hydrogen-bond donors (Lipinski definition) is 2. The molecule has 0 bridgehead atoms. The molecule has 5 nitrogen and oxygen atoms in total. The number of nitrogens with zero attached hydrogens (tertiary/aromatic N) is 3. The predicted octanol–water partition coefficient (Wildman–Crippen LogP) is 2.01. The second-order valence-electron chi connectivity index (χ2n) is 6.33. The number of anilines is 1. The molecular formula is C16H26N4O. The van der Waals surface area contributed by atoms with Gasteiger partial charge >= 0.3 is 0 Å². The average molecular weight is 290 g/mol. The fourth-order valence-electron chi connectivity index (χ4n) is 3.09. The van der Waals surface area contributed by atoms with Crippen LogP contribution in [0.4, 0.5) is 5.69 Å². The summed E-state index contributed by atoms with van der Waals surface area (Å²) in [5.41, 5.74) is 9.01. The second-order valence-corrected chi connectivity index (χ2v) is 6.33. The Morgan fingerprint density at radius 3 is 2.48 bits per heavy atom. The number of nitrogens with two attached hydrogens (primary N) is 1. The zero-order valence-electron chi connectivity index (χ0n) is 13.4. The van der Waals surface area contributed by atoms with Crippen LogP contribution >= 0.6 is 0 Å². The summed E-state index contributed by atoms with van der Waals surface area (Å²) < 4.78 is 0. The average Bonchev–Trinajstić information content (AvgIpc) is 2.41. The van der Waals surface area contributed by atoms with Crippen molar-refractivity contribution in [2.24, 2.45) is 10.9 Å². The quantitative estimate of drug-likeness (QED) is 0.377. The van der Waals surface area contributed by atoms with Crippen LogP contribution in [0.2, 0.25) is 0 Å². The lowest BCUT2D eigenvalue weighted by Gasteiger charge is -2.49. The molecule has 0 heterocycles. The Morgan fingerprint density at radius 1 is 1.33 bits per heavy atom. The van der Waals surface area contributed by atoms with Crippen LogP contribution in [0.5, 0.6) is 0 Å². The van der Waals surface area contributed by atoms with Crippen molar-refractivity contribution >= 4 is 11.5 Å². The largest absolute Gasteiger partial charge is 0.409 e. The minimum Gasteiger partial charge on any atom is -0.409 e. The first-order chi connectivity index (χ1) is 9.89. The smallest absolute Gasteiger partial charge is 0.172 e. The molecule has 116 valence electrons. The molecule has 1 saturated carbocycles. The van der Waals surface area contributed by atoms with Gasteiger partial charge in [0.15, 0.2) is 5.84 Å². The van der Waals surface area contributed by atoms with E-state index in [-0.39, 0.29) is 11.4 Å². The second kappa shape index (κ2) is 5.93. The van der Waals surface area contributed by atoms with Crippen molar-refractivity contribution in [3.8, 4) is 0 Å². The van der Waals surface area contributed by atoms with E-state index in [0.717, 1.165) is 17.8 Å². The third-order valence-electron chi connectivity index (χ3n) is 4.71. The van der Waals surface area contributed by atoms with Crippen LogP contribution in [0.25, 0.3) is 0 Å². The van der Waals surface area contributed by atoms with Crippen molar-refractivity contribution in [1.29, 1.82) is 0 Å². The van der Waals surface area contributed by atoms with Crippen LogP contribution in [-0.4, -0.2) is 49.2 Å². The summed E-state index contributed by atoms with van der Waals surface area (Å²) in [6.07, 6.45) is 3.72.